The number of rotatable bonds is 4. The number of nitrogens with one attached hydrogen (secondary N) is 1. The van der Waals surface area contributed by atoms with E-state index in [1.807, 2.05) is 0 Å². The van der Waals surface area contributed by atoms with Gasteiger partial charge in [0.05, 0.1) is 22.2 Å². The minimum absolute atomic E-state index is 0.0961. The van der Waals surface area contributed by atoms with E-state index in [2.05, 4.69) is 20.7 Å². The molecule has 0 aliphatic rings. The van der Waals surface area contributed by atoms with Gasteiger partial charge >= 0.3 is 0 Å². The largest absolute Gasteiger partial charge is 0.497 e. The van der Waals surface area contributed by atoms with Crippen LogP contribution in [-0.4, -0.2) is 15.5 Å². The summed E-state index contributed by atoms with van der Waals surface area (Å²) in [4.78, 5) is 0.0961. The Bertz CT molecular complexity index is 717. The highest BCUT2D eigenvalue weighted by Crippen LogP contribution is 2.23. The lowest BCUT2D eigenvalue weighted by Crippen LogP contribution is -2.12. The van der Waals surface area contributed by atoms with Gasteiger partial charge in [-0.3, -0.25) is 4.72 Å². The normalized spacial score (nSPS) is 11.2. The van der Waals surface area contributed by atoms with E-state index < -0.39 is 15.8 Å². The first kappa shape index (κ1) is 14.8. The zero-order chi connectivity index (χ0) is 14.8. The molecule has 7 heteroatoms. The SMILES string of the molecule is COc1ccc(S(=O)(=O)Nc2ccc(F)c(Br)c2)cc1. The second-order valence-corrected chi connectivity index (χ2v) is 6.45. The van der Waals surface area contributed by atoms with E-state index in [1.54, 1.807) is 12.1 Å². The second-order valence-electron chi connectivity index (χ2n) is 3.91. The number of ether oxygens (including phenoxy) is 1. The highest BCUT2D eigenvalue weighted by molar-refractivity contribution is 9.10. The van der Waals surface area contributed by atoms with Gasteiger partial charge in [-0.05, 0) is 58.4 Å². The van der Waals surface area contributed by atoms with Crippen molar-refractivity contribution < 1.29 is 17.5 Å². The average molecular weight is 360 g/mol. The molecular formula is C13H11BrFNO3S. The van der Waals surface area contributed by atoms with Gasteiger partial charge in [0, 0.05) is 0 Å². The fourth-order valence-corrected chi connectivity index (χ4v) is 2.96. The number of halogens is 2. The van der Waals surface area contributed by atoms with Gasteiger partial charge in [0.2, 0.25) is 0 Å². The molecule has 0 aliphatic carbocycles. The zero-order valence-corrected chi connectivity index (χ0v) is 12.8. The summed E-state index contributed by atoms with van der Waals surface area (Å²) in [5.74, 6) is 0.103. The van der Waals surface area contributed by atoms with E-state index in [-0.39, 0.29) is 15.1 Å². The summed E-state index contributed by atoms with van der Waals surface area (Å²) < 4.78 is 44.9. The van der Waals surface area contributed by atoms with Crippen LogP contribution in [0, 0.1) is 5.82 Å². The van der Waals surface area contributed by atoms with Crippen LogP contribution in [0.4, 0.5) is 10.1 Å². The summed E-state index contributed by atoms with van der Waals surface area (Å²) in [6, 6.07) is 9.84. The molecule has 1 N–H and O–H groups in total. The minimum atomic E-state index is -3.72. The number of hydrogen-bond acceptors (Lipinski definition) is 3. The first-order chi connectivity index (χ1) is 9.42. The first-order valence-corrected chi connectivity index (χ1v) is 7.82. The minimum Gasteiger partial charge on any atom is -0.497 e. The molecule has 0 amide bonds. The van der Waals surface area contributed by atoms with Crippen LogP contribution in [0.3, 0.4) is 0 Å². The van der Waals surface area contributed by atoms with E-state index in [1.165, 1.54) is 37.4 Å². The fourth-order valence-electron chi connectivity index (χ4n) is 1.53. The number of anilines is 1. The van der Waals surface area contributed by atoms with Gasteiger partial charge in [0.1, 0.15) is 11.6 Å². The molecule has 0 radical (unpaired) electrons. The van der Waals surface area contributed by atoms with Crippen molar-refractivity contribution in [2.75, 3.05) is 11.8 Å². The fraction of sp³-hybridized carbons (Fsp3) is 0.0769. The maximum Gasteiger partial charge on any atom is 0.261 e. The first-order valence-electron chi connectivity index (χ1n) is 5.54. The Labute approximate surface area is 124 Å². The van der Waals surface area contributed by atoms with Crippen molar-refractivity contribution in [1.29, 1.82) is 0 Å². The Morgan fingerprint density at radius 3 is 2.35 bits per heavy atom. The topological polar surface area (TPSA) is 55.4 Å². The lowest BCUT2D eigenvalue weighted by atomic mass is 10.3. The van der Waals surface area contributed by atoms with Crippen LogP contribution in [-0.2, 0) is 10.0 Å². The van der Waals surface area contributed by atoms with E-state index >= 15 is 0 Å². The standard InChI is InChI=1S/C13H11BrFNO3S/c1-19-10-3-5-11(6-4-10)20(17,18)16-9-2-7-13(15)12(14)8-9/h2-8,16H,1H3. The predicted octanol–water partition coefficient (Wildman–Crippen LogP) is 3.40. The van der Waals surface area contributed by atoms with Gasteiger partial charge in [-0.25, -0.2) is 12.8 Å². The lowest BCUT2D eigenvalue weighted by Gasteiger charge is -2.09. The number of hydrogen-bond donors (Lipinski definition) is 1. The Morgan fingerprint density at radius 2 is 1.80 bits per heavy atom. The van der Waals surface area contributed by atoms with Crippen LogP contribution in [0.1, 0.15) is 0 Å². The average Bonchev–Trinajstić information content (AvgIpc) is 2.43. The van der Waals surface area contributed by atoms with Gasteiger partial charge in [-0.1, -0.05) is 0 Å². The monoisotopic (exact) mass is 359 g/mol. The zero-order valence-electron chi connectivity index (χ0n) is 10.4. The Balaban J connectivity index is 2.27. The third kappa shape index (κ3) is 3.29. The van der Waals surface area contributed by atoms with Crippen molar-refractivity contribution in [3.8, 4) is 5.75 Å². The highest BCUT2D eigenvalue weighted by Gasteiger charge is 2.14. The van der Waals surface area contributed by atoms with Gasteiger partial charge in [-0.2, -0.15) is 0 Å². The molecule has 0 spiro atoms. The summed E-state index contributed by atoms with van der Waals surface area (Å²) in [6.45, 7) is 0. The van der Waals surface area contributed by atoms with Crippen molar-refractivity contribution in [3.63, 3.8) is 0 Å². The predicted molar refractivity (Wildman–Crippen MR) is 77.9 cm³/mol. The van der Waals surface area contributed by atoms with Gasteiger partial charge in [0.15, 0.2) is 0 Å². The molecule has 0 aliphatic heterocycles. The summed E-state index contributed by atoms with van der Waals surface area (Å²) in [5.41, 5.74) is 0.272. The molecule has 20 heavy (non-hydrogen) atoms. The third-order valence-electron chi connectivity index (χ3n) is 2.54. The van der Waals surface area contributed by atoms with Crippen LogP contribution >= 0.6 is 15.9 Å². The smallest absolute Gasteiger partial charge is 0.261 e. The van der Waals surface area contributed by atoms with E-state index in [9.17, 15) is 12.8 Å². The molecule has 0 saturated heterocycles. The van der Waals surface area contributed by atoms with Gasteiger partial charge < -0.3 is 4.74 Å². The van der Waals surface area contributed by atoms with Crippen LogP contribution in [0.25, 0.3) is 0 Å². The Hall–Kier alpha value is -1.60. The molecule has 2 rings (SSSR count). The lowest BCUT2D eigenvalue weighted by molar-refractivity contribution is 0.414. The summed E-state index contributed by atoms with van der Waals surface area (Å²) >= 11 is 3.00. The number of sulfonamides is 1. The molecule has 0 unspecified atom stereocenters. The maximum absolute atomic E-state index is 13.1. The molecule has 2 aromatic carbocycles. The molecule has 0 fully saturated rings. The molecule has 106 valence electrons. The molecule has 0 bridgehead atoms. The van der Waals surface area contributed by atoms with Crippen molar-refractivity contribution in [2.24, 2.45) is 0 Å². The van der Waals surface area contributed by atoms with Crippen LogP contribution in [0.15, 0.2) is 51.8 Å². The molecule has 0 atom stereocenters. The van der Waals surface area contributed by atoms with E-state index in [0.29, 0.717) is 5.75 Å². The van der Waals surface area contributed by atoms with Crippen molar-refractivity contribution in [3.05, 3.63) is 52.8 Å². The van der Waals surface area contributed by atoms with Gasteiger partial charge in [0.25, 0.3) is 10.0 Å². The van der Waals surface area contributed by atoms with E-state index in [0.717, 1.165) is 0 Å². The number of benzene rings is 2. The number of methoxy groups -OCH3 is 1. The van der Waals surface area contributed by atoms with Crippen molar-refractivity contribution in [2.45, 2.75) is 4.90 Å². The van der Waals surface area contributed by atoms with Crippen molar-refractivity contribution >= 4 is 31.6 Å². The van der Waals surface area contributed by atoms with Crippen LogP contribution in [0.5, 0.6) is 5.75 Å². The second kappa shape index (κ2) is 5.80. The molecule has 4 nitrogen and oxygen atoms in total. The van der Waals surface area contributed by atoms with Crippen LogP contribution in [0.2, 0.25) is 0 Å². The van der Waals surface area contributed by atoms with Crippen molar-refractivity contribution in [1.82, 2.24) is 0 Å². The molecule has 0 saturated carbocycles. The Kier molecular flexibility index (Phi) is 4.29. The summed E-state index contributed by atoms with van der Waals surface area (Å²) in [6.07, 6.45) is 0. The highest BCUT2D eigenvalue weighted by atomic mass is 79.9. The maximum atomic E-state index is 13.1. The summed E-state index contributed by atoms with van der Waals surface area (Å²) in [5, 5.41) is 0. The Morgan fingerprint density at radius 1 is 1.15 bits per heavy atom. The molecule has 0 heterocycles. The van der Waals surface area contributed by atoms with Gasteiger partial charge in [-0.15, -0.1) is 0 Å². The van der Waals surface area contributed by atoms with Crippen LogP contribution < -0.4 is 9.46 Å². The molecular weight excluding hydrogens is 349 g/mol. The summed E-state index contributed by atoms with van der Waals surface area (Å²) in [7, 11) is -2.22. The quantitative estimate of drug-likeness (QED) is 0.909. The van der Waals surface area contributed by atoms with E-state index in [4.69, 9.17) is 4.74 Å². The molecule has 0 aromatic heterocycles. The third-order valence-corrected chi connectivity index (χ3v) is 4.55. The molecule has 2 aromatic rings.